The second kappa shape index (κ2) is 6.98. The molecule has 4 rings (SSSR count). The quantitative estimate of drug-likeness (QED) is 0.688. The molecule has 0 atom stereocenters. The van der Waals surface area contributed by atoms with Crippen LogP contribution < -0.4 is 4.90 Å². The third-order valence-corrected chi connectivity index (χ3v) is 5.56. The minimum Gasteiger partial charge on any atom is -0.346 e. The molecule has 0 unspecified atom stereocenters. The molecule has 0 N–H and O–H groups in total. The number of hydrogen-bond acceptors (Lipinski definition) is 5. The molecule has 1 aromatic carbocycles. The van der Waals surface area contributed by atoms with Crippen molar-refractivity contribution >= 4 is 44.3 Å². The van der Waals surface area contributed by atoms with Gasteiger partial charge in [-0.1, -0.05) is 29.0 Å². The summed E-state index contributed by atoms with van der Waals surface area (Å²) in [6.45, 7) is 3.07. The normalized spacial score (nSPS) is 15.4. The maximum atomic E-state index is 12.7. The fourth-order valence-corrected chi connectivity index (χ4v) is 4.16. The molecule has 2 aromatic heterocycles. The van der Waals surface area contributed by atoms with Crippen LogP contribution in [-0.2, 0) is 0 Å². The molecule has 25 heavy (non-hydrogen) atoms. The van der Waals surface area contributed by atoms with Crippen molar-refractivity contribution < 1.29 is 4.79 Å². The molecule has 7 heteroatoms. The number of thiazole rings is 1. The first-order valence-electron chi connectivity index (χ1n) is 8.22. The summed E-state index contributed by atoms with van der Waals surface area (Å²) in [6.07, 6.45) is 2.70. The number of amides is 1. The fourth-order valence-electron chi connectivity index (χ4n) is 3.01. The van der Waals surface area contributed by atoms with E-state index in [-0.39, 0.29) is 5.91 Å². The van der Waals surface area contributed by atoms with E-state index in [1.54, 1.807) is 29.7 Å². The Kier molecular flexibility index (Phi) is 4.55. The Labute approximate surface area is 154 Å². The van der Waals surface area contributed by atoms with Crippen molar-refractivity contribution in [2.24, 2.45) is 0 Å². The van der Waals surface area contributed by atoms with E-state index < -0.39 is 0 Å². The third-order valence-electron chi connectivity index (χ3n) is 4.28. The first-order valence-corrected chi connectivity index (χ1v) is 9.41. The van der Waals surface area contributed by atoms with E-state index in [4.69, 9.17) is 11.6 Å². The van der Waals surface area contributed by atoms with Gasteiger partial charge in [-0.15, -0.1) is 0 Å². The number of benzene rings is 1. The first kappa shape index (κ1) is 16.3. The van der Waals surface area contributed by atoms with Gasteiger partial charge < -0.3 is 9.80 Å². The number of anilines is 1. The van der Waals surface area contributed by atoms with Gasteiger partial charge in [0.1, 0.15) is 10.3 Å². The van der Waals surface area contributed by atoms with Crippen molar-refractivity contribution in [1.82, 2.24) is 14.9 Å². The number of carbonyl (C=O) groups is 1. The number of halogens is 1. The van der Waals surface area contributed by atoms with Crippen LogP contribution in [0.25, 0.3) is 10.3 Å². The van der Waals surface area contributed by atoms with Gasteiger partial charge in [-0.2, -0.15) is 0 Å². The van der Waals surface area contributed by atoms with Crippen molar-refractivity contribution in [1.29, 1.82) is 0 Å². The predicted molar refractivity (Wildman–Crippen MR) is 102 cm³/mol. The van der Waals surface area contributed by atoms with Crippen molar-refractivity contribution in [3.8, 4) is 0 Å². The van der Waals surface area contributed by atoms with Crippen LogP contribution in [0.4, 0.5) is 5.13 Å². The summed E-state index contributed by atoms with van der Waals surface area (Å²) in [5, 5.41) is 1.56. The van der Waals surface area contributed by atoms with Crippen LogP contribution in [0.1, 0.15) is 16.8 Å². The van der Waals surface area contributed by atoms with E-state index in [1.165, 1.54) is 0 Å². The molecule has 1 amide bonds. The van der Waals surface area contributed by atoms with E-state index in [1.807, 2.05) is 29.2 Å². The molecular weight excluding hydrogens is 356 g/mol. The van der Waals surface area contributed by atoms with E-state index in [0.29, 0.717) is 17.1 Å². The fraction of sp³-hybridized carbons (Fsp3) is 0.278. The molecule has 3 heterocycles. The number of carbonyl (C=O) groups excluding carboxylic acids is 1. The summed E-state index contributed by atoms with van der Waals surface area (Å²) in [7, 11) is 0. The molecule has 0 bridgehead atoms. The summed E-state index contributed by atoms with van der Waals surface area (Å²) in [5.74, 6) is 0.0373. The lowest BCUT2D eigenvalue weighted by atomic mass is 10.2. The van der Waals surface area contributed by atoms with Crippen LogP contribution in [0, 0.1) is 0 Å². The maximum absolute atomic E-state index is 12.7. The number of fused-ring (bicyclic) bond motifs is 1. The topological polar surface area (TPSA) is 49.3 Å². The highest BCUT2D eigenvalue weighted by Gasteiger charge is 2.22. The van der Waals surface area contributed by atoms with Gasteiger partial charge in [0.2, 0.25) is 0 Å². The Hall–Kier alpha value is -2.18. The molecule has 1 aliphatic heterocycles. The van der Waals surface area contributed by atoms with E-state index in [0.717, 1.165) is 41.5 Å². The molecule has 1 fully saturated rings. The number of pyridine rings is 1. The highest BCUT2D eigenvalue weighted by Crippen LogP contribution is 2.27. The van der Waals surface area contributed by atoms with Crippen LogP contribution in [0.2, 0.25) is 5.02 Å². The zero-order valence-electron chi connectivity index (χ0n) is 13.6. The summed E-state index contributed by atoms with van der Waals surface area (Å²) in [5.41, 5.74) is 1.57. The van der Waals surface area contributed by atoms with Crippen molar-refractivity contribution in [2.45, 2.75) is 6.42 Å². The average molecular weight is 373 g/mol. The van der Waals surface area contributed by atoms with Crippen LogP contribution in [0.3, 0.4) is 0 Å². The van der Waals surface area contributed by atoms with Gasteiger partial charge in [0, 0.05) is 43.0 Å². The monoisotopic (exact) mass is 372 g/mol. The molecule has 1 saturated heterocycles. The van der Waals surface area contributed by atoms with Crippen molar-refractivity contribution in [3.05, 3.63) is 53.2 Å². The molecular formula is C18H17ClN4OS. The number of aromatic nitrogens is 2. The van der Waals surface area contributed by atoms with Crippen molar-refractivity contribution in [2.75, 3.05) is 31.1 Å². The van der Waals surface area contributed by atoms with Gasteiger partial charge in [-0.05, 0) is 36.8 Å². The Morgan fingerprint density at radius 3 is 2.88 bits per heavy atom. The molecule has 128 valence electrons. The maximum Gasteiger partial charge on any atom is 0.253 e. The van der Waals surface area contributed by atoms with Crippen LogP contribution >= 0.6 is 22.9 Å². The van der Waals surface area contributed by atoms with E-state index in [9.17, 15) is 4.79 Å². The molecule has 0 spiro atoms. The van der Waals surface area contributed by atoms with Gasteiger partial charge in [0.25, 0.3) is 5.91 Å². The minimum atomic E-state index is 0.0373. The molecule has 0 aliphatic carbocycles. The highest BCUT2D eigenvalue weighted by molar-refractivity contribution is 7.21. The number of hydrogen-bond donors (Lipinski definition) is 0. The zero-order chi connectivity index (χ0) is 17.2. The Morgan fingerprint density at radius 1 is 1.12 bits per heavy atom. The largest absolute Gasteiger partial charge is 0.346 e. The van der Waals surface area contributed by atoms with Crippen LogP contribution in [0.15, 0.2) is 42.6 Å². The van der Waals surface area contributed by atoms with Gasteiger partial charge in [-0.25, -0.2) is 9.97 Å². The molecule has 0 saturated carbocycles. The Balaban J connectivity index is 1.49. The predicted octanol–water partition coefficient (Wildman–Crippen LogP) is 3.70. The SMILES string of the molecule is O=C(c1cccc(Cl)c1)N1CCCN(c2nc3cccnc3s2)CC1. The first-order chi connectivity index (χ1) is 12.2. The summed E-state index contributed by atoms with van der Waals surface area (Å²) >= 11 is 7.61. The van der Waals surface area contributed by atoms with Crippen LogP contribution in [-0.4, -0.2) is 47.0 Å². The minimum absolute atomic E-state index is 0.0373. The molecule has 3 aromatic rings. The summed E-state index contributed by atoms with van der Waals surface area (Å²) < 4.78 is 0. The number of nitrogens with zero attached hydrogens (tertiary/aromatic N) is 4. The second-order valence-electron chi connectivity index (χ2n) is 5.97. The zero-order valence-corrected chi connectivity index (χ0v) is 15.1. The van der Waals surface area contributed by atoms with Gasteiger partial charge >= 0.3 is 0 Å². The average Bonchev–Trinajstić information content (AvgIpc) is 2.90. The smallest absolute Gasteiger partial charge is 0.253 e. The number of rotatable bonds is 2. The Bertz CT molecular complexity index is 880. The Morgan fingerprint density at radius 2 is 2.04 bits per heavy atom. The third kappa shape index (κ3) is 3.45. The standard InChI is InChI=1S/C18H17ClN4OS/c19-14-5-1-4-13(12-14)17(24)22-8-3-9-23(11-10-22)18-21-15-6-2-7-20-16(15)25-18/h1-2,4-7,12H,3,8-11H2. The van der Waals surface area contributed by atoms with Gasteiger partial charge in [0.05, 0.1) is 0 Å². The van der Waals surface area contributed by atoms with Crippen LogP contribution in [0.5, 0.6) is 0 Å². The molecule has 1 aliphatic rings. The van der Waals surface area contributed by atoms with E-state index >= 15 is 0 Å². The van der Waals surface area contributed by atoms with E-state index in [2.05, 4.69) is 14.9 Å². The summed E-state index contributed by atoms with van der Waals surface area (Å²) in [6, 6.07) is 11.0. The van der Waals surface area contributed by atoms with Gasteiger partial charge in [0.15, 0.2) is 5.13 Å². The summed E-state index contributed by atoms with van der Waals surface area (Å²) in [4.78, 5) is 26.9. The lowest BCUT2D eigenvalue weighted by molar-refractivity contribution is 0.0767. The highest BCUT2D eigenvalue weighted by atomic mass is 35.5. The molecule has 0 radical (unpaired) electrons. The molecule has 5 nitrogen and oxygen atoms in total. The van der Waals surface area contributed by atoms with Gasteiger partial charge in [-0.3, -0.25) is 4.79 Å². The second-order valence-corrected chi connectivity index (χ2v) is 7.36. The lowest BCUT2D eigenvalue weighted by Gasteiger charge is -2.21. The lowest BCUT2D eigenvalue weighted by Crippen LogP contribution is -2.35. The van der Waals surface area contributed by atoms with Crippen molar-refractivity contribution in [3.63, 3.8) is 0 Å².